The predicted octanol–water partition coefficient (Wildman–Crippen LogP) is 2.32. The van der Waals surface area contributed by atoms with E-state index >= 15 is 0 Å². The number of hydrogen-bond acceptors (Lipinski definition) is 2. The van der Waals surface area contributed by atoms with Crippen molar-refractivity contribution in [2.24, 2.45) is 11.3 Å². The summed E-state index contributed by atoms with van der Waals surface area (Å²) < 4.78 is 0. The topological polar surface area (TPSA) is 69.6 Å². The molecule has 2 amide bonds. The fraction of sp³-hybridized carbons (Fsp3) is 0.857. The lowest BCUT2D eigenvalue weighted by atomic mass is 9.83. The Kier molecular flexibility index (Phi) is 5.20. The fourth-order valence-electron chi connectivity index (χ4n) is 2.25. The molecule has 0 spiro atoms. The van der Waals surface area contributed by atoms with Gasteiger partial charge in [-0.15, -0.1) is 0 Å². The summed E-state index contributed by atoms with van der Waals surface area (Å²) in [5.41, 5.74) is 0.279. The molecule has 5 heteroatoms. The highest BCUT2D eigenvalue weighted by Crippen LogP contribution is 2.29. The van der Waals surface area contributed by atoms with Crippen LogP contribution < -0.4 is 5.32 Å². The van der Waals surface area contributed by atoms with E-state index in [4.69, 9.17) is 5.11 Å². The number of nitrogens with one attached hydrogen (secondary N) is 1. The van der Waals surface area contributed by atoms with Crippen LogP contribution in [0.5, 0.6) is 0 Å². The smallest absolute Gasteiger partial charge is 0.326 e. The maximum absolute atomic E-state index is 12.1. The number of amides is 2. The van der Waals surface area contributed by atoms with E-state index in [0.717, 1.165) is 12.8 Å². The first kappa shape index (κ1) is 15.8. The number of carboxylic acid groups (broad SMARTS) is 1. The van der Waals surface area contributed by atoms with Gasteiger partial charge in [-0.2, -0.15) is 0 Å². The Balaban J connectivity index is 2.51. The van der Waals surface area contributed by atoms with E-state index in [1.807, 2.05) is 13.8 Å². The minimum atomic E-state index is -0.959. The zero-order valence-corrected chi connectivity index (χ0v) is 12.4. The van der Waals surface area contributed by atoms with Crippen molar-refractivity contribution in [2.45, 2.75) is 53.0 Å². The first-order valence-corrected chi connectivity index (χ1v) is 6.99. The summed E-state index contributed by atoms with van der Waals surface area (Å²) in [5, 5.41) is 11.8. The van der Waals surface area contributed by atoms with Crippen LogP contribution in [-0.4, -0.2) is 41.1 Å². The fourth-order valence-corrected chi connectivity index (χ4v) is 2.25. The van der Waals surface area contributed by atoms with Gasteiger partial charge in [-0.05, 0) is 30.6 Å². The largest absolute Gasteiger partial charge is 0.480 e. The maximum Gasteiger partial charge on any atom is 0.326 e. The molecule has 1 heterocycles. The van der Waals surface area contributed by atoms with E-state index in [9.17, 15) is 9.59 Å². The van der Waals surface area contributed by atoms with Gasteiger partial charge in [-0.25, -0.2) is 9.59 Å². The van der Waals surface area contributed by atoms with Crippen molar-refractivity contribution >= 4 is 12.0 Å². The highest BCUT2D eigenvalue weighted by Gasteiger charge is 2.30. The van der Waals surface area contributed by atoms with Gasteiger partial charge in [-0.1, -0.05) is 27.7 Å². The molecule has 110 valence electrons. The lowest BCUT2D eigenvalue weighted by Crippen LogP contribution is -2.51. The van der Waals surface area contributed by atoms with Crippen molar-refractivity contribution in [1.82, 2.24) is 10.2 Å². The summed E-state index contributed by atoms with van der Waals surface area (Å²) in [4.78, 5) is 24.9. The molecule has 1 saturated heterocycles. The van der Waals surface area contributed by atoms with E-state index in [1.54, 1.807) is 4.90 Å². The van der Waals surface area contributed by atoms with E-state index in [2.05, 4.69) is 19.2 Å². The van der Waals surface area contributed by atoms with E-state index < -0.39 is 12.0 Å². The number of carbonyl (C=O) groups is 2. The van der Waals surface area contributed by atoms with Crippen LogP contribution in [0.1, 0.15) is 47.0 Å². The summed E-state index contributed by atoms with van der Waals surface area (Å²) in [6.45, 7) is 9.69. The highest BCUT2D eigenvalue weighted by atomic mass is 16.4. The van der Waals surface area contributed by atoms with Crippen LogP contribution in [0.2, 0.25) is 0 Å². The van der Waals surface area contributed by atoms with Crippen LogP contribution in [0.3, 0.4) is 0 Å². The first-order chi connectivity index (χ1) is 8.71. The van der Waals surface area contributed by atoms with Crippen molar-refractivity contribution < 1.29 is 14.7 Å². The number of piperidine rings is 1. The molecule has 5 nitrogen and oxygen atoms in total. The minimum absolute atomic E-state index is 0.238. The van der Waals surface area contributed by atoms with Gasteiger partial charge in [-0.3, -0.25) is 0 Å². The minimum Gasteiger partial charge on any atom is -0.480 e. The number of hydrogen-bond donors (Lipinski definition) is 2. The average molecular weight is 270 g/mol. The normalized spacial score (nSPS) is 20.2. The van der Waals surface area contributed by atoms with Gasteiger partial charge in [0.25, 0.3) is 0 Å². The van der Waals surface area contributed by atoms with Crippen LogP contribution in [0.4, 0.5) is 4.79 Å². The van der Waals surface area contributed by atoms with E-state index in [-0.39, 0.29) is 17.4 Å². The molecule has 0 aromatic heterocycles. The molecule has 1 aliphatic rings. The molecular weight excluding hydrogens is 244 g/mol. The Morgan fingerprint density at radius 1 is 1.26 bits per heavy atom. The summed E-state index contributed by atoms with van der Waals surface area (Å²) in [5.74, 6) is -0.721. The molecular formula is C14H26N2O3. The van der Waals surface area contributed by atoms with Gasteiger partial charge in [0.1, 0.15) is 6.04 Å². The summed E-state index contributed by atoms with van der Waals surface area (Å²) in [6, 6.07) is -1.04. The summed E-state index contributed by atoms with van der Waals surface area (Å²) >= 11 is 0. The standard InChI is InChI=1S/C14H26N2O3/c1-10(2)9-11(12(17)18)15-13(19)16-7-5-14(3,4)6-8-16/h10-11H,5-9H2,1-4H3,(H,15,19)(H,17,18). The third kappa shape index (κ3) is 5.09. The predicted molar refractivity (Wildman–Crippen MR) is 74.0 cm³/mol. The van der Waals surface area contributed by atoms with Crippen LogP contribution in [0, 0.1) is 11.3 Å². The number of nitrogens with zero attached hydrogens (tertiary/aromatic N) is 1. The highest BCUT2D eigenvalue weighted by molar-refractivity contribution is 5.82. The Morgan fingerprint density at radius 3 is 2.21 bits per heavy atom. The summed E-state index contributed by atoms with van der Waals surface area (Å²) in [7, 11) is 0. The lowest BCUT2D eigenvalue weighted by molar-refractivity contribution is -0.139. The first-order valence-electron chi connectivity index (χ1n) is 6.99. The van der Waals surface area contributed by atoms with Crippen molar-refractivity contribution in [3.63, 3.8) is 0 Å². The number of likely N-dealkylation sites (tertiary alicyclic amines) is 1. The molecule has 0 saturated carbocycles. The van der Waals surface area contributed by atoms with Crippen molar-refractivity contribution in [1.29, 1.82) is 0 Å². The van der Waals surface area contributed by atoms with Gasteiger partial charge in [0.05, 0.1) is 0 Å². The molecule has 1 unspecified atom stereocenters. The molecule has 1 fully saturated rings. The Bertz CT molecular complexity index is 330. The molecule has 1 aliphatic heterocycles. The number of carbonyl (C=O) groups excluding carboxylic acids is 1. The second-order valence-corrected chi connectivity index (χ2v) is 6.62. The molecule has 19 heavy (non-hydrogen) atoms. The molecule has 1 atom stereocenters. The number of urea groups is 1. The van der Waals surface area contributed by atoms with Gasteiger partial charge in [0.2, 0.25) is 0 Å². The average Bonchev–Trinajstić information content (AvgIpc) is 2.27. The molecule has 0 aliphatic carbocycles. The van der Waals surface area contributed by atoms with E-state index in [1.165, 1.54) is 0 Å². The maximum atomic E-state index is 12.1. The van der Waals surface area contributed by atoms with Crippen LogP contribution in [0.25, 0.3) is 0 Å². The monoisotopic (exact) mass is 270 g/mol. The Labute approximate surface area is 115 Å². The van der Waals surface area contributed by atoms with Crippen LogP contribution >= 0.6 is 0 Å². The SMILES string of the molecule is CC(C)CC(NC(=O)N1CCC(C)(C)CC1)C(=O)O. The third-order valence-electron chi connectivity index (χ3n) is 3.71. The van der Waals surface area contributed by atoms with Crippen molar-refractivity contribution in [3.05, 3.63) is 0 Å². The number of aliphatic carboxylic acids is 1. The number of rotatable bonds is 4. The second-order valence-electron chi connectivity index (χ2n) is 6.62. The molecule has 0 bridgehead atoms. The number of carboxylic acids is 1. The van der Waals surface area contributed by atoms with E-state index in [0.29, 0.717) is 19.5 Å². The van der Waals surface area contributed by atoms with Gasteiger partial charge in [0, 0.05) is 13.1 Å². The molecule has 0 aromatic rings. The van der Waals surface area contributed by atoms with Crippen LogP contribution in [0.15, 0.2) is 0 Å². The van der Waals surface area contributed by atoms with Gasteiger partial charge in [0.15, 0.2) is 0 Å². The van der Waals surface area contributed by atoms with Crippen molar-refractivity contribution in [3.8, 4) is 0 Å². The second kappa shape index (κ2) is 6.26. The van der Waals surface area contributed by atoms with Gasteiger partial charge < -0.3 is 15.3 Å². The zero-order valence-electron chi connectivity index (χ0n) is 12.4. The molecule has 2 N–H and O–H groups in total. The third-order valence-corrected chi connectivity index (χ3v) is 3.71. The summed E-state index contributed by atoms with van der Waals surface area (Å²) in [6.07, 6.45) is 2.38. The van der Waals surface area contributed by atoms with Crippen LogP contribution in [-0.2, 0) is 4.79 Å². The van der Waals surface area contributed by atoms with Gasteiger partial charge >= 0.3 is 12.0 Å². The Hall–Kier alpha value is -1.26. The zero-order chi connectivity index (χ0) is 14.6. The van der Waals surface area contributed by atoms with Crippen molar-refractivity contribution in [2.75, 3.05) is 13.1 Å². The molecule has 0 aromatic carbocycles. The lowest BCUT2D eigenvalue weighted by Gasteiger charge is -2.37. The molecule has 1 rings (SSSR count). The quantitative estimate of drug-likeness (QED) is 0.823. The molecule has 0 radical (unpaired) electrons. The Morgan fingerprint density at radius 2 is 1.79 bits per heavy atom.